The molecular weight excluding hydrogens is 238 g/mol. The van der Waals surface area contributed by atoms with Crippen LogP contribution in [-0.2, 0) is 13.1 Å². The average Bonchev–Trinajstić information content (AvgIpc) is 2.73. The Bertz CT molecular complexity index is 539. The van der Waals surface area contributed by atoms with E-state index >= 15 is 0 Å². The van der Waals surface area contributed by atoms with Crippen molar-refractivity contribution >= 4 is 0 Å². The van der Waals surface area contributed by atoms with Crippen molar-refractivity contribution < 1.29 is 0 Å². The van der Waals surface area contributed by atoms with Gasteiger partial charge in [-0.05, 0) is 33.8 Å². The summed E-state index contributed by atoms with van der Waals surface area (Å²) in [6, 6.07) is 1.94. The lowest BCUT2D eigenvalue weighted by molar-refractivity contribution is 0.416. The lowest BCUT2D eigenvalue weighted by Crippen LogP contribution is -2.35. The smallest absolute Gasteiger partial charge is 0.125 e. The van der Waals surface area contributed by atoms with Crippen LogP contribution in [0, 0.1) is 6.92 Å². The lowest BCUT2D eigenvalue weighted by Gasteiger charge is -2.20. The zero-order valence-electron chi connectivity index (χ0n) is 12.0. The summed E-state index contributed by atoms with van der Waals surface area (Å²) in [6.07, 6.45) is 5.53. The minimum absolute atomic E-state index is 0.0978. The molecule has 0 radical (unpaired) electrons. The van der Waals surface area contributed by atoms with Crippen molar-refractivity contribution in [2.45, 2.75) is 46.3 Å². The first-order chi connectivity index (χ1) is 8.94. The van der Waals surface area contributed by atoms with E-state index in [4.69, 9.17) is 0 Å². The van der Waals surface area contributed by atoms with Crippen LogP contribution < -0.4 is 5.32 Å². The number of nitrogens with zero attached hydrogens (tertiary/aromatic N) is 4. The molecule has 0 unspecified atom stereocenters. The highest BCUT2D eigenvalue weighted by molar-refractivity contribution is 5.06. The maximum absolute atomic E-state index is 4.42. The molecular formula is C14H21N5. The normalized spacial score (nSPS) is 11.8. The molecule has 0 saturated heterocycles. The van der Waals surface area contributed by atoms with Gasteiger partial charge >= 0.3 is 0 Å². The van der Waals surface area contributed by atoms with Gasteiger partial charge in [-0.15, -0.1) is 0 Å². The second-order valence-electron chi connectivity index (χ2n) is 5.71. The van der Waals surface area contributed by atoms with Crippen molar-refractivity contribution in [1.29, 1.82) is 0 Å². The van der Waals surface area contributed by atoms with Gasteiger partial charge < -0.3 is 9.88 Å². The van der Waals surface area contributed by atoms with Gasteiger partial charge in [-0.25, -0.2) is 15.0 Å². The van der Waals surface area contributed by atoms with Gasteiger partial charge in [0.05, 0.1) is 24.3 Å². The van der Waals surface area contributed by atoms with Gasteiger partial charge in [0.25, 0.3) is 0 Å². The second-order valence-corrected chi connectivity index (χ2v) is 5.71. The van der Waals surface area contributed by atoms with Crippen LogP contribution in [0.5, 0.6) is 0 Å². The van der Waals surface area contributed by atoms with Crippen molar-refractivity contribution in [3.05, 3.63) is 42.0 Å². The van der Waals surface area contributed by atoms with E-state index in [1.54, 1.807) is 6.20 Å². The third-order valence-corrected chi connectivity index (χ3v) is 2.76. The minimum atomic E-state index is 0.0978. The van der Waals surface area contributed by atoms with Crippen LogP contribution in [0.25, 0.3) is 0 Å². The molecule has 0 fully saturated rings. The Hall–Kier alpha value is -1.75. The van der Waals surface area contributed by atoms with E-state index in [0.29, 0.717) is 0 Å². The number of hydrogen-bond acceptors (Lipinski definition) is 4. The molecule has 2 rings (SSSR count). The van der Waals surface area contributed by atoms with Gasteiger partial charge in [0.15, 0.2) is 0 Å². The summed E-state index contributed by atoms with van der Waals surface area (Å²) in [7, 11) is 0. The summed E-state index contributed by atoms with van der Waals surface area (Å²) >= 11 is 0. The number of aromatic nitrogens is 4. The van der Waals surface area contributed by atoms with Gasteiger partial charge in [0, 0.05) is 24.5 Å². The van der Waals surface area contributed by atoms with E-state index < -0.39 is 0 Å². The van der Waals surface area contributed by atoms with E-state index in [9.17, 15) is 0 Å². The average molecular weight is 259 g/mol. The highest BCUT2D eigenvalue weighted by atomic mass is 15.1. The number of aryl methyl sites for hydroxylation is 1. The molecule has 5 heteroatoms. The Morgan fingerprint density at radius 2 is 2.11 bits per heavy atom. The molecule has 0 aliphatic rings. The molecule has 0 amide bonds. The lowest BCUT2D eigenvalue weighted by atomic mass is 10.1. The van der Waals surface area contributed by atoms with Crippen molar-refractivity contribution in [2.24, 2.45) is 0 Å². The van der Waals surface area contributed by atoms with Gasteiger partial charge in [-0.2, -0.15) is 0 Å². The first-order valence-electron chi connectivity index (χ1n) is 6.46. The Kier molecular flexibility index (Phi) is 3.95. The predicted molar refractivity (Wildman–Crippen MR) is 74.7 cm³/mol. The number of hydrogen-bond donors (Lipinski definition) is 1. The number of imidazole rings is 1. The Labute approximate surface area is 114 Å². The van der Waals surface area contributed by atoms with E-state index in [0.717, 1.165) is 30.3 Å². The molecule has 0 bridgehead atoms. The van der Waals surface area contributed by atoms with Crippen LogP contribution >= 0.6 is 0 Å². The molecule has 0 saturated carbocycles. The fraction of sp³-hybridized carbons (Fsp3) is 0.500. The van der Waals surface area contributed by atoms with Crippen molar-refractivity contribution in [3.8, 4) is 0 Å². The summed E-state index contributed by atoms with van der Waals surface area (Å²) in [4.78, 5) is 12.8. The van der Waals surface area contributed by atoms with Crippen LogP contribution in [0.3, 0.4) is 0 Å². The fourth-order valence-corrected chi connectivity index (χ4v) is 1.76. The zero-order chi connectivity index (χ0) is 13.9. The number of nitrogens with one attached hydrogen (secondary N) is 1. The van der Waals surface area contributed by atoms with Crippen LogP contribution in [0.4, 0.5) is 0 Å². The molecule has 2 aromatic heterocycles. The summed E-state index contributed by atoms with van der Waals surface area (Å²) in [5.74, 6) is 0.798. The van der Waals surface area contributed by atoms with Gasteiger partial charge in [-0.3, -0.25) is 0 Å². The molecule has 0 aliphatic carbocycles. The monoisotopic (exact) mass is 259 g/mol. The van der Waals surface area contributed by atoms with Gasteiger partial charge in [-0.1, -0.05) is 0 Å². The summed E-state index contributed by atoms with van der Waals surface area (Å²) in [5.41, 5.74) is 2.26. The van der Waals surface area contributed by atoms with E-state index in [-0.39, 0.29) is 5.54 Å². The van der Waals surface area contributed by atoms with E-state index in [2.05, 4.69) is 45.6 Å². The molecule has 1 N–H and O–H groups in total. The molecule has 2 heterocycles. The van der Waals surface area contributed by atoms with Crippen LogP contribution in [0.2, 0.25) is 0 Å². The Balaban J connectivity index is 2.07. The molecule has 102 valence electrons. The van der Waals surface area contributed by atoms with Crippen LogP contribution in [0.1, 0.15) is 38.0 Å². The quantitative estimate of drug-likeness (QED) is 0.911. The summed E-state index contributed by atoms with van der Waals surface area (Å²) in [5, 5.41) is 3.47. The minimum Gasteiger partial charge on any atom is -0.327 e. The zero-order valence-corrected chi connectivity index (χ0v) is 12.0. The summed E-state index contributed by atoms with van der Waals surface area (Å²) < 4.78 is 2.11. The highest BCUT2D eigenvalue weighted by Crippen LogP contribution is 2.07. The topological polar surface area (TPSA) is 55.6 Å². The third kappa shape index (κ3) is 4.13. The first-order valence-corrected chi connectivity index (χ1v) is 6.46. The molecule has 0 aromatic carbocycles. The van der Waals surface area contributed by atoms with Crippen molar-refractivity contribution in [2.75, 3.05) is 0 Å². The maximum atomic E-state index is 4.42. The molecule has 0 spiro atoms. The van der Waals surface area contributed by atoms with Crippen molar-refractivity contribution in [3.63, 3.8) is 0 Å². The molecule has 0 atom stereocenters. The first kappa shape index (κ1) is 13.7. The SMILES string of the molecule is Cc1nccc(Cn2cncc2CNC(C)(C)C)n1. The molecule has 0 aliphatic heterocycles. The molecule has 19 heavy (non-hydrogen) atoms. The maximum Gasteiger partial charge on any atom is 0.125 e. The highest BCUT2D eigenvalue weighted by Gasteiger charge is 2.11. The van der Waals surface area contributed by atoms with Gasteiger partial charge in [0.1, 0.15) is 5.82 Å². The molecule has 2 aromatic rings. The largest absolute Gasteiger partial charge is 0.327 e. The predicted octanol–water partition coefficient (Wildman–Crippen LogP) is 1.92. The third-order valence-electron chi connectivity index (χ3n) is 2.76. The van der Waals surface area contributed by atoms with E-state index in [1.165, 1.54) is 0 Å². The van der Waals surface area contributed by atoms with Gasteiger partial charge in [0.2, 0.25) is 0 Å². The second kappa shape index (κ2) is 5.48. The van der Waals surface area contributed by atoms with Crippen LogP contribution in [-0.4, -0.2) is 25.1 Å². The number of rotatable bonds is 4. The Morgan fingerprint density at radius 1 is 1.32 bits per heavy atom. The standard InChI is InChI=1S/C14H21N5/c1-11-16-6-5-12(18-11)9-19-10-15-7-13(19)8-17-14(2,3)4/h5-7,10,17H,8-9H2,1-4H3. The fourth-order valence-electron chi connectivity index (χ4n) is 1.76. The molecule has 5 nitrogen and oxygen atoms in total. The van der Waals surface area contributed by atoms with Crippen molar-refractivity contribution in [1.82, 2.24) is 24.8 Å². The van der Waals surface area contributed by atoms with E-state index in [1.807, 2.05) is 25.5 Å². The summed E-state index contributed by atoms with van der Waals surface area (Å²) in [6.45, 7) is 9.89. The van der Waals surface area contributed by atoms with Crippen LogP contribution in [0.15, 0.2) is 24.8 Å². The Morgan fingerprint density at radius 3 is 2.79 bits per heavy atom.